The summed E-state index contributed by atoms with van der Waals surface area (Å²) in [5, 5.41) is 5.06. The Kier molecular flexibility index (Phi) is 4.96. The second kappa shape index (κ2) is 6.96. The largest absolute Gasteiger partial charge is 0.348 e. The first kappa shape index (κ1) is 16.4. The van der Waals surface area contributed by atoms with Crippen LogP contribution in [0.15, 0.2) is 18.2 Å². The number of hydrogen-bond acceptors (Lipinski definition) is 1. The molecule has 1 aliphatic carbocycles. The first-order valence-corrected chi connectivity index (χ1v) is 9.08. The molecule has 0 saturated heterocycles. The topological polar surface area (TPSA) is 34.0 Å². The molecule has 2 aromatic rings. The molecule has 0 radical (unpaired) electrons. The highest BCUT2D eigenvalue weighted by atomic mass is 35.5. The summed E-state index contributed by atoms with van der Waals surface area (Å²) >= 11 is 6.14. The molecule has 0 unspecified atom stereocenters. The molecule has 0 atom stereocenters. The van der Waals surface area contributed by atoms with E-state index in [1.54, 1.807) is 0 Å². The maximum atomic E-state index is 12.9. The van der Waals surface area contributed by atoms with Gasteiger partial charge in [0.15, 0.2) is 0 Å². The molecule has 1 heterocycles. The van der Waals surface area contributed by atoms with Gasteiger partial charge in [-0.3, -0.25) is 4.79 Å². The molecule has 1 saturated carbocycles. The number of aryl methyl sites for hydroxylation is 2. The highest BCUT2D eigenvalue weighted by Crippen LogP contribution is 2.28. The monoisotopic (exact) mass is 332 g/mol. The van der Waals surface area contributed by atoms with Gasteiger partial charge in [0.25, 0.3) is 5.91 Å². The van der Waals surface area contributed by atoms with Gasteiger partial charge in [0, 0.05) is 28.5 Å². The van der Waals surface area contributed by atoms with Gasteiger partial charge in [0.05, 0.1) is 0 Å². The number of amides is 1. The fraction of sp³-hybridized carbons (Fsp3) is 0.526. The second-order valence-corrected chi connectivity index (χ2v) is 6.98. The number of carbonyl (C=O) groups is 1. The molecule has 1 amide bonds. The molecule has 23 heavy (non-hydrogen) atoms. The van der Waals surface area contributed by atoms with Gasteiger partial charge in [-0.1, -0.05) is 37.3 Å². The van der Waals surface area contributed by atoms with E-state index >= 15 is 0 Å². The molecule has 124 valence electrons. The summed E-state index contributed by atoms with van der Waals surface area (Å²) in [4.78, 5) is 12.9. The Bertz CT molecular complexity index is 712. The number of fused-ring (bicyclic) bond motifs is 1. The number of aromatic nitrogens is 1. The maximum Gasteiger partial charge on any atom is 0.268 e. The van der Waals surface area contributed by atoms with Gasteiger partial charge >= 0.3 is 0 Å². The van der Waals surface area contributed by atoms with Crippen LogP contribution in [0.5, 0.6) is 0 Å². The van der Waals surface area contributed by atoms with Gasteiger partial charge < -0.3 is 9.88 Å². The van der Waals surface area contributed by atoms with Crippen LogP contribution >= 0.6 is 11.6 Å². The minimum absolute atomic E-state index is 0.0589. The summed E-state index contributed by atoms with van der Waals surface area (Å²) < 4.78 is 2.10. The van der Waals surface area contributed by atoms with E-state index in [2.05, 4.69) is 16.8 Å². The SMILES string of the molecule is CCn1c(C(=O)NC2CCCCCC2)c(C)c2cc(Cl)ccc21. The third kappa shape index (κ3) is 3.25. The highest BCUT2D eigenvalue weighted by Gasteiger charge is 2.22. The van der Waals surface area contributed by atoms with E-state index in [-0.39, 0.29) is 5.91 Å². The van der Waals surface area contributed by atoms with Crippen LogP contribution in [0, 0.1) is 6.92 Å². The number of carbonyl (C=O) groups excluding carboxylic acids is 1. The average molecular weight is 333 g/mol. The standard InChI is InChI=1S/C19H25ClN2O/c1-3-22-17-11-10-14(20)12-16(17)13(2)18(22)19(23)21-15-8-6-4-5-7-9-15/h10-12,15H,3-9H2,1-2H3,(H,21,23). The number of rotatable bonds is 3. The van der Waals surface area contributed by atoms with Crippen molar-refractivity contribution in [3.05, 3.63) is 34.5 Å². The number of hydrogen-bond donors (Lipinski definition) is 1. The fourth-order valence-corrected chi connectivity index (χ4v) is 3.97. The molecular weight excluding hydrogens is 308 g/mol. The summed E-state index contributed by atoms with van der Waals surface area (Å²) in [6.07, 6.45) is 7.22. The summed E-state index contributed by atoms with van der Waals surface area (Å²) in [6, 6.07) is 6.18. The van der Waals surface area contributed by atoms with Gasteiger partial charge in [-0.15, -0.1) is 0 Å². The van der Waals surface area contributed by atoms with Crippen molar-refractivity contribution in [1.29, 1.82) is 0 Å². The normalized spacial score (nSPS) is 16.5. The Morgan fingerprint density at radius 1 is 1.26 bits per heavy atom. The predicted octanol–water partition coefficient (Wildman–Crippen LogP) is 5.08. The van der Waals surface area contributed by atoms with E-state index < -0.39 is 0 Å². The Morgan fingerprint density at radius 2 is 1.96 bits per heavy atom. The highest BCUT2D eigenvalue weighted by molar-refractivity contribution is 6.31. The van der Waals surface area contributed by atoms with Gasteiger partial charge in [-0.2, -0.15) is 0 Å². The molecule has 4 heteroatoms. The van der Waals surface area contributed by atoms with Gasteiger partial charge in [0.1, 0.15) is 5.69 Å². The number of nitrogens with one attached hydrogen (secondary N) is 1. The molecule has 3 rings (SSSR count). The maximum absolute atomic E-state index is 12.9. The van der Waals surface area contributed by atoms with Crippen LogP contribution in [-0.2, 0) is 6.54 Å². The van der Waals surface area contributed by atoms with Gasteiger partial charge in [-0.05, 0) is 50.5 Å². The minimum atomic E-state index is 0.0589. The number of halogens is 1. The lowest BCUT2D eigenvalue weighted by Gasteiger charge is -2.17. The Balaban J connectivity index is 1.94. The van der Waals surface area contributed by atoms with E-state index in [4.69, 9.17) is 11.6 Å². The van der Waals surface area contributed by atoms with Gasteiger partial charge in [-0.25, -0.2) is 0 Å². The predicted molar refractivity (Wildman–Crippen MR) is 96.3 cm³/mol. The fourth-order valence-electron chi connectivity index (χ4n) is 3.79. The molecule has 0 aliphatic heterocycles. The zero-order valence-electron chi connectivity index (χ0n) is 14.0. The third-order valence-corrected chi connectivity index (χ3v) is 5.24. The molecule has 0 bridgehead atoms. The van der Waals surface area contributed by atoms with Crippen molar-refractivity contribution in [2.75, 3.05) is 0 Å². The Labute approximate surface area is 143 Å². The van der Waals surface area contributed by atoms with E-state index in [1.807, 2.05) is 25.1 Å². The van der Waals surface area contributed by atoms with Crippen molar-refractivity contribution in [3.63, 3.8) is 0 Å². The first-order chi connectivity index (χ1) is 11.1. The summed E-state index contributed by atoms with van der Waals surface area (Å²) in [5.41, 5.74) is 2.89. The van der Waals surface area contributed by atoms with Crippen LogP contribution in [-0.4, -0.2) is 16.5 Å². The van der Waals surface area contributed by atoms with Gasteiger partial charge in [0.2, 0.25) is 0 Å². The number of benzene rings is 1. The lowest BCUT2D eigenvalue weighted by Crippen LogP contribution is -2.36. The number of nitrogens with zero attached hydrogens (tertiary/aromatic N) is 1. The summed E-state index contributed by atoms with van der Waals surface area (Å²) in [6.45, 7) is 4.88. The molecule has 0 spiro atoms. The van der Waals surface area contributed by atoms with E-state index in [9.17, 15) is 4.79 Å². The summed E-state index contributed by atoms with van der Waals surface area (Å²) in [7, 11) is 0. The molecule has 1 N–H and O–H groups in total. The first-order valence-electron chi connectivity index (χ1n) is 8.71. The molecule has 3 nitrogen and oxygen atoms in total. The zero-order valence-corrected chi connectivity index (χ0v) is 14.7. The molecular formula is C19H25ClN2O. The zero-order chi connectivity index (χ0) is 16.4. The molecule has 1 aromatic carbocycles. The van der Waals surface area contributed by atoms with Crippen LogP contribution in [0.3, 0.4) is 0 Å². The van der Waals surface area contributed by atoms with Crippen LogP contribution in [0.4, 0.5) is 0 Å². The van der Waals surface area contributed by atoms with Crippen LogP contribution in [0.25, 0.3) is 10.9 Å². The minimum Gasteiger partial charge on any atom is -0.348 e. The smallest absolute Gasteiger partial charge is 0.268 e. The van der Waals surface area contributed by atoms with E-state index in [1.165, 1.54) is 25.7 Å². The van der Waals surface area contributed by atoms with E-state index in [0.717, 1.165) is 41.5 Å². The molecule has 1 fully saturated rings. The molecule has 1 aliphatic rings. The van der Waals surface area contributed by atoms with Crippen molar-refractivity contribution in [3.8, 4) is 0 Å². The molecule has 1 aromatic heterocycles. The van der Waals surface area contributed by atoms with Crippen molar-refractivity contribution >= 4 is 28.4 Å². The van der Waals surface area contributed by atoms with Crippen LogP contribution in [0.2, 0.25) is 5.02 Å². The van der Waals surface area contributed by atoms with Crippen LogP contribution in [0.1, 0.15) is 61.5 Å². The van der Waals surface area contributed by atoms with Crippen molar-refractivity contribution in [1.82, 2.24) is 9.88 Å². The van der Waals surface area contributed by atoms with Crippen LogP contribution < -0.4 is 5.32 Å². The third-order valence-electron chi connectivity index (χ3n) is 5.00. The van der Waals surface area contributed by atoms with Crippen molar-refractivity contribution in [2.45, 2.75) is 65.0 Å². The van der Waals surface area contributed by atoms with Crippen molar-refractivity contribution in [2.24, 2.45) is 0 Å². The van der Waals surface area contributed by atoms with E-state index in [0.29, 0.717) is 11.1 Å². The summed E-state index contributed by atoms with van der Waals surface area (Å²) in [5.74, 6) is 0.0589. The lowest BCUT2D eigenvalue weighted by molar-refractivity contribution is 0.0924. The van der Waals surface area contributed by atoms with Crippen molar-refractivity contribution < 1.29 is 4.79 Å². The lowest BCUT2D eigenvalue weighted by atomic mass is 10.1. The average Bonchev–Trinajstić information content (AvgIpc) is 2.70. The Morgan fingerprint density at radius 3 is 2.61 bits per heavy atom. The second-order valence-electron chi connectivity index (χ2n) is 6.54. The quantitative estimate of drug-likeness (QED) is 0.782. The Hall–Kier alpha value is -1.48.